The Labute approximate surface area is 150 Å². The molecule has 128 valence electrons. The monoisotopic (exact) mass is 356 g/mol. The lowest BCUT2D eigenvalue weighted by Crippen LogP contribution is -2.30. The van der Waals surface area contributed by atoms with Crippen molar-refractivity contribution in [2.45, 2.75) is 6.54 Å². The number of aromatic nitrogens is 1. The molecule has 3 aromatic rings. The summed E-state index contributed by atoms with van der Waals surface area (Å²) in [5, 5.41) is 1.39. The Morgan fingerprint density at radius 2 is 1.96 bits per heavy atom. The number of carbonyl (C=O) groups excluding carboxylic acids is 2. The number of para-hydroxylation sites is 1. The van der Waals surface area contributed by atoms with E-state index < -0.39 is 5.97 Å². The van der Waals surface area contributed by atoms with Gasteiger partial charge in [-0.15, -0.1) is 0 Å². The topological polar surface area (TPSA) is 62.4 Å². The van der Waals surface area contributed by atoms with E-state index in [0.717, 1.165) is 16.5 Å². The molecule has 3 rings (SSSR count). The van der Waals surface area contributed by atoms with E-state index in [1.165, 1.54) is 4.90 Å². The molecule has 0 saturated carbocycles. The molecule has 25 heavy (non-hydrogen) atoms. The number of H-pyrrole nitrogens is 1. The van der Waals surface area contributed by atoms with Gasteiger partial charge in [-0.25, -0.2) is 4.79 Å². The van der Waals surface area contributed by atoms with Gasteiger partial charge in [-0.2, -0.15) is 0 Å². The highest BCUT2D eigenvalue weighted by Crippen LogP contribution is 2.18. The van der Waals surface area contributed by atoms with Crippen LogP contribution in [-0.4, -0.2) is 35.4 Å². The Bertz CT molecular complexity index is 920. The number of carbonyl (C=O) groups is 2. The number of halogens is 1. The number of ether oxygens (including phenoxy) is 1. The van der Waals surface area contributed by atoms with Crippen LogP contribution in [0.15, 0.2) is 54.7 Å². The first-order chi connectivity index (χ1) is 12.0. The van der Waals surface area contributed by atoms with E-state index in [1.807, 2.05) is 36.4 Å². The van der Waals surface area contributed by atoms with Crippen molar-refractivity contribution in [2.75, 3.05) is 13.7 Å². The Kier molecular flexibility index (Phi) is 5.05. The van der Waals surface area contributed by atoms with Gasteiger partial charge in [0.1, 0.15) is 0 Å². The number of fused-ring (bicyclic) bond motifs is 1. The van der Waals surface area contributed by atoms with Crippen molar-refractivity contribution in [2.24, 2.45) is 0 Å². The van der Waals surface area contributed by atoms with Gasteiger partial charge in [0.2, 0.25) is 0 Å². The standard InChI is InChI=1S/C19H17ClN2O3/c1-22(11-13-5-4-6-14(20)9-13)18(23)12-25-19(24)16-10-21-17-8-3-2-7-15(16)17/h2-10,21H,11-12H2,1H3. The fourth-order valence-corrected chi connectivity index (χ4v) is 2.77. The van der Waals surface area contributed by atoms with E-state index in [1.54, 1.807) is 25.4 Å². The summed E-state index contributed by atoms with van der Waals surface area (Å²) < 4.78 is 5.16. The number of benzene rings is 2. The normalized spacial score (nSPS) is 10.6. The van der Waals surface area contributed by atoms with Crippen molar-refractivity contribution < 1.29 is 14.3 Å². The molecule has 0 unspecified atom stereocenters. The van der Waals surface area contributed by atoms with E-state index >= 15 is 0 Å². The highest BCUT2D eigenvalue weighted by Gasteiger charge is 2.16. The second kappa shape index (κ2) is 7.40. The average Bonchev–Trinajstić information content (AvgIpc) is 3.03. The molecule has 0 fully saturated rings. The summed E-state index contributed by atoms with van der Waals surface area (Å²) in [5.74, 6) is -0.810. The average molecular weight is 357 g/mol. The fraction of sp³-hybridized carbons (Fsp3) is 0.158. The van der Waals surface area contributed by atoms with Crippen LogP contribution >= 0.6 is 11.6 Å². The van der Waals surface area contributed by atoms with Gasteiger partial charge < -0.3 is 14.6 Å². The molecule has 0 bridgehead atoms. The maximum absolute atomic E-state index is 12.2. The van der Waals surface area contributed by atoms with Crippen molar-refractivity contribution in [3.63, 3.8) is 0 Å². The first-order valence-corrected chi connectivity index (χ1v) is 8.14. The molecule has 1 aromatic heterocycles. The smallest absolute Gasteiger partial charge is 0.340 e. The fourth-order valence-electron chi connectivity index (χ4n) is 2.55. The van der Waals surface area contributed by atoms with Gasteiger partial charge in [-0.3, -0.25) is 4.79 Å². The van der Waals surface area contributed by atoms with Crippen molar-refractivity contribution >= 4 is 34.4 Å². The molecule has 0 aliphatic carbocycles. The van der Waals surface area contributed by atoms with Gasteiger partial charge >= 0.3 is 5.97 Å². The zero-order chi connectivity index (χ0) is 17.8. The molecule has 0 atom stereocenters. The highest BCUT2D eigenvalue weighted by atomic mass is 35.5. The molecule has 0 aliphatic rings. The minimum Gasteiger partial charge on any atom is -0.452 e. The van der Waals surface area contributed by atoms with Crippen LogP contribution in [-0.2, 0) is 16.1 Å². The second-order valence-electron chi connectivity index (χ2n) is 5.70. The number of nitrogens with zero attached hydrogens (tertiary/aromatic N) is 1. The van der Waals surface area contributed by atoms with Gasteiger partial charge in [0.15, 0.2) is 6.61 Å². The molecule has 0 radical (unpaired) electrons. The number of hydrogen-bond donors (Lipinski definition) is 1. The van der Waals surface area contributed by atoms with Crippen LogP contribution in [0.1, 0.15) is 15.9 Å². The maximum Gasteiger partial charge on any atom is 0.340 e. The number of likely N-dealkylation sites (N-methyl/N-ethyl adjacent to an activating group) is 1. The van der Waals surface area contributed by atoms with Crippen LogP contribution in [0.25, 0.3) is 10.9 Å². The third-order valence-corrected chi connectivity index (χ3v) is 4.11. The lowest BCUT2D eigenvalue weighted by Gasteiger charge is -2.17. The van der Waals surface area contributed by atoms with Crippen molar-refractivity contribution in [1.82, 2.24) is 9.88 Å². The SMILES string of the molecule is CN(Cc1cccc(Cl)c1)C(=O)COC(=O)c1c[nH]c2ccccc12. The molecule has 2 aromatic carbocycles. The molecule has 5 nitrogen and oxygen atoms in total. The third-order valence-electron chi connectivity index (χ3n) is 3.87. The number of rotatable bonds is 5. The number of hydrogen-bond acceptors (Lipinski definition) is 3. The molecule has 0 aliphatic heterocycles. The second-order valence-corrected chi connectivity index (χ2v) is 6.14. The van der Waals surface area contributed by atoms with E-state index in [-0.39, 0.29) is 12.5 Å². The molecule has 1 N–H and O–H groups in total. The molecular formula is C19H17ClN2O3. The van der Waals surface area contributed by atoms with Crippen LogP contribution in [0.3, 0.4) is 0 Å². The Hall–Kier alpha value is -2.79. The van der Waals surface area contributed by atoms with Crippen LogP contribution in [0, 0.1) is 0 Å². The van der Waals surface area contributed by atoms with Gasteiger partial charge in [-0.05, 0) is 23.8 Å². The number of amides is 1. The third kappa shape index (κ3) is 4.00. The molecule has 1 heterocycles. The van der Waals surface area contributed by atoms with E-state index in [0.29, 0.717) is 17.1 Å². The van der Waals surface area contributed by atoms with E-state index in [4.69, 9.17) is 16.3 Å². The Morgan fingerprint density at radius 3 is 2.76 bits per heavy atom. The predicted molar refractivity (Wildman–Crippen MR) is 96.5 cm³/mol. The van der Waals surface area contributed by atoms with Crippen LogP contribution in [0.4, 0.5) is 0 Å². The van der Waals surface area contributed by atoms with Crippen LogP contribution in [0.5, 0.6) is 0 Å². The summed E-state index contributed by atoms with van der Waals surface area (Å²) >= 11 is 5.94. The molecular weight excluding hydrogens is 340 g/mol. The van der Waals surface area contributed by atoms with Crippen molar-refractivity contribution in [1.29, 1.82) is 0 Å². The lowest BCUT2D eigenvalue weighted by molar-refractivity contribution is -0.133. The van der Waals surface area contributed by atoms with Gasteiger partial charge in [-0.1, -0.05) is 41.9 Å². The number of aromatic amines is 1. The predicted octanol–water partition coefficient (Wildman–Crippen LogP) is 3.64. The Balaban J connectivity index is 1.59. The van der Waals surface area contributed by atoms with E-state index in [2.05, 4.69) is 4.98 Å². The lowest BCUT2D eigenvalue weighted by atomic mass is 10.2. The van der Waals surface area contributed by atoms with E-state index in [9.17, 15) is 9.59 Å². The summed E-state index contributed by atoms with van der Waals surface area (Å²) in [6.45, 7) is 0.0828. The molecule has 0 saturated heterocycles. The summed E-state index contributed by atoms with van der Waals surface area (Å²) in [4.78, 5) is 28.9. The first-order valence-electron chi connectivity index (χ1n) is 7.76. The van der Waals surface area contributed by atoms with Crippen LogP contribution < -0.4 is 0 Å². The van der Waals surface area contributed by atoms with Gasteiger partial charge in [0, 0.05) is 35.7 Å². The highest BCUT2D eigenvalue weighted by molar-refractivity contribution is 6.30. The largest absolute Gasteiger partial charge is 0.452 e. The van der Waals surface area contributed by atoms with Crippen LogP contribution in [0.2, 0.25) is 5.02 Å². The minimum absolute atomic E-state index is 0.284. The zero-order valence-corrected chi connectivity index (χ0v) is 14.4. The summed E-state index contributed by atoms with van der Waals surface area (Å²) in [6.07, 6.45) is 1.59. The Morgan fingerprint density at radius 1 is 1.16 bits per heavy atom. The number of esters is 1. The van der Waals surface area contributed by atoms with Crippen molar-refractivity contribution in [3.8, 4) is 0 Å². The quantitative estimate of drug-likeness (QED) is 0.710. The first kappa shape index (κ1) is 17.0. The number of nitrogens with one attached hydrogen (secondary N) is 1. The maximum atomic E-state index is 12.2. The minimum atomic E-state index is -0.526. The van der Waals surface area contributed by atoms with Gasteiger partial charge in [0.25, 0.3) is 5.91 Å². The summed E-state index contributed by atoms with van der Waals surface area (Å²) in [6, 6.07) is 14.7. The van der Waals surface area contributed by atoms with Crippen molar-refractivity contribution in [3.05, 3.63) is 70.9 Å². The summed E-state index contributed by atoms with van der Waals surface area (Å²) in [7, 11) is 1.66. The summed E-state index contributed by atoms with van der Waals surface area (Å²) in [5.41, 5.74) is 2.17. The molecule has 6 heteroatoms. The van der Waals surface area contributed by atoms with Gasteiger partial charge in [0.05, 0.1) is 5.56 Å². The molecule has 1 amide bonds. The zero-order valence-electron chi connectivity index (χ0n) is 13.7. The molecule has 0 spiro atoms.